The van der Waals surface area contributed by atoms with Gasteiger partial charge < -0.3 is 4.57 Å². The Morgan fingerprint density at radius 3 is 2.60 bits per heavy atom. The minimum Gasteiger partial charge on any atom is -0.312 e. The summed E-state index contributed by atoms with van der Waals surface area (Å²) in [6, 6.07) is 11.2. The summed E-state index contributed by atoms with van der Waals surface area (Å²) < 4.78 is 32.2. The fraction of sp³-hybridized carbons (Fsp3) is 0.118. The Balaban J connectivity index is 2.14. The molecule has 0 aliphatic carbocycles. The highest BCUT2D eigenvalue weighted by Crippen LogP contribution is 2.23. The van der Waals surface area contributed by atoms with Gasteiger partial charge in [0.15, 0.2) is 0 Å². The van der Waals surface area contributed by atoms with Crippen molar-refractivity contribution in [2.24, 2.45) is 4.40 Å². The predicted octanol–water partition coefficient (Wildman–Crippen LogP) is 4.91. The summed E-state index contributed by atoms with van der Waals surface area (Å²) in [6.07, 6.45) is 3.92. The van der Waals surface area contributed by atoms with Crippen LogP contribution in [0.15, 0.2) is 72.4 Å². The number of hydrogen-bond acceptors (Lipinski definition) is 4. The molecule has 2 heterocycles. The van der Waals surface area contributed by atoms with Gasteiger partial charge in [0.05, 0.1) is 5.69 Å². The zero-order valence-electron chi connectivity index (χ0n) is 13.3. The van der Waals surface area contributed by atoms with E-state index in [9.17, 15) is 8.42 Å². The number of sulfonamides is 1. The fourth-order valence-electron chi connectivity index (χ4n) is 2.20. The average Bonchev–Trinajstić information content (AvgIpc) is 3.24. The SMILES string of the molecule is C/C=C\Cn1c(-c2ccc(Br)cc2)cs/c1=N/S(=O)(=O)c1cccs1. The van der Waals surface area contributed by atoms with Gasteiger partial charge in [0.25, 0.3) is 10.0 Å². The van der Waals surface area contributed by atoms with Gasteiger partial charge in [0.2, 0.25) is 4.80 Å². The Bertz CT molecular complexity index is 1040. The molecule has 0 aliphatic heterocycles. The molecule has 0 spiro atoms. The van der Waals surface area contributed by atoms with Crippen LogP contribution in [0.4, 0.5) is 0 Å². The normalized spacial score (nSPS) is 13.0. The molecule has 0 bridgehead atoms. The van der Waals surface area contributed by atoms with Crippen LogP contribution in [0.1, 0.15) is 6.92 Å². The van der Waals surface area contributed by atoms with Crippen molar-refractivity contribution in [1.29, 1.82) is 0 Å². The van der Waals surface area contributed by atoms with Crippen molar-refractivity contribution < 1.29 is 8.42 Å². The molecule has 0 saturated heterocycles. The zero-order chi connectivity index (χ0) is 17.9. The first-order chi connectivity index (χ1) is 12.0. The molecule has 8 heteroatoms. The largest absolute Gasteiger partial charge is 0.312 e. The van der Waals surface area contributed by atoms with Gasteiger partial charge >= 0.3 is 0 Å². The molecule has 0 aliphatic rings. The molecule has 0 unspecified atom stereocenters. The maximum atomic E-state index is 12.5. The topological polar surface area (TPSA) is 51.4 Å². The van der Waals surface area contributed by atoms with Crippen LogP contribution in [0.25, 0.3) is 11.3 Å². The summed E-state index contributed by atoms with van der Waals surface area (Å²) in [6.45, 7) is 2.50. The molecule has 3 aromatic rings. The van der Waals surface area contributed by atoms with E-state index >= 15 is 0 Å². The molecule has 0 fully saturated rings. The number of thiophene rings is 1. The highest BCUT2D eigenvalue weighted by Gasteiger charge is 2.15. The fourth-order valence-corrected chi connectivity index (χ4v) is 5.57. The van der Waals surface area contributed by atoms with Crippen molar-refractivity contribution in [3.05, 3.63) is 68.6 Å². The number of allylic oxidation sites excluding steroid dienone is 2. The molecule has 2 aromatic heterocycles. The summed E-state index contributed by atoms with van der Waals surface area (Å²) in [7, 11) is -3.69. The quantitative estimate of drug-likeness (QED) is 0.514. The third kappa shape index (κ3) is 4.20. The molecule has 3 rings (SSSR count). The monoisotopic (exact) mass is 454 g/mol. The van der Waals surface area contributed by atoms with E-state index in [1.807, 2.05) is 53.3 Å². The van der Waals surface area contributed by atoms with E-state index in [0.717, 1.165) is 15.7 Å². The van der Waals surface area contributed by atoms with Crippen LogP contribution in [0.3, 0.4) is 0 Å². The second kappa shape index (κ2) is 7.82. The first kappa shape index (κ1) is 18.3. The van der Waals surface area contributed by atoms with Gasteiger partial charge in [0.1, 0.15) is 4.21 Å². The molecule has 0 radical (unpaired) electrons. The maximum absolute atomic E-state index is 12.5. The lowest BCUT2D eigenvalue weighted by Crippen LogP contribution is -2.17. The van der Waals surface area contributed by atoms with Crippen LogP contribution in [0.5, 0.6) is 0 Å². The summed E-state index contributed by atoms with van der Waals surface area (Å²) in [5, 5.41) is 3.67. The van der Waals surface area contributed by atoms with Crippen LogP contribution in [-0.2, 0) is 16.6 Å². The number of aromatic nitrogens is 1. The number of halogens is 1. The molecule has 130 valence electrons. The highest BCUT2D eigenvalue weighted by atomic mass is 79.9. The number of thiazole rings is 1. The van der Waals surface area contributed by atoms with Crippen molar-refractivity contribution in [2.45, 2.75) is 17.7 Å². The van der Waals surface area contributed by atoms with E-state index in [1.165, 1.54) is 22.7 Å². The van der Waals surface area contributed by atoms with Crippen LogP contribution < -0.4 is 4.80 Å². The van der Waals surface area contributed by atoms with E-state index < -0.39 is 10.0 Å². The molecular weight excluding hydrogens is 440 g/mol. The summed E-state index contributed by atoms with van der Waals surface area (Å²) in [4.78, 5) is 0.462. The highest BCUT2D eigenvalue weighted by molar-refractivity contribution is 9.10. The van der Waals surface area contributed by atoms with E-state index in [0.29, 0.717) is 11.3 Å². The zero-order valence-corrected chi connectivity index (χ0v) is 17.3. The Labute approximate surface area is 163 Å². The predicted molar refractivity (Wildman–Crippen MR) is 107 cm³/mol. The second-order valence-electron chi connectivity index (χ2n) is 5.09. The molecule has 0 amide bonds. The maximum Gasteiger partial charge on any atom is 0.294 e. The Morgan fingerprint density at radius 2 is 1.96 bits per heavy atom. The number of benzene rings is 1. The summed E-state index contributed by atoms with van der Waals surface area (Å²) >= 11 is 5.93. The van der Waals surface area contributed by atoms with Crippen molar-refractivity contribution >= 4 is 48.6 Å². The van der Waals surface area contributed by atoms with Crippen LogP contribution >= 0.6 is 38.6 Å². The van der Waals surface area contributed by atoms with Crippen LogP contribution in [-0.4, -0.2) is 13.0 Å². The van der Waals surface area contributed by atoms with Crippen LogP contribution in [0, 0.1) is 0 Å². The van der Waals surface area contributed by atoms with E-state index in [1.54, 1.807) is 17.5 Å². The second-order valence-corrected chi connectivity index (χ2v) is 9.62. The minimum atomic E-state index is -3.69. The lowest BCUT2D eigenvalue weighted by molar-refractivity contribution is 0.597. The third-order valence-electron chi connectivity index (χ3n) is 3.41. The Kier molecular flexibility index (Phi) is 5.73. The van der Waals surface area contributed by atoms with Gasteiger partial charge in [0, 0.05) is 16.4 Å². The molecule has 0 saturated carbocycles. The molecule has 4 nitrogen and oxygen atoms in total. The Morgan fingerprint density at radius 1 is 1.20 bits per heavy atom. The van der Waals surface area contributed by atoms with E-state index in [2.05, 4.69) is 20.3 Å². The molecule has 0 atom stereocenters. The van der Waals surface area contributed by atoms with Gasteiger partial charge in [-0.2, -0.15) is 8.42 Å². The van der Waals surface area contributed by atoms with Gasteiger partial charge in [-0.25, -0.2) is 0 Å². The first-order valence-electron chi connectivity index (χ1n) is 7.41. The van der Waals surface area contributed by atoms with Gasteiger partial charge in [-0.05, 0) is 36.1 Å². The molecular formula is C17H15BrN2O2S3. The number of hydrogen-bond donors (Lipinski definition) is 0. The van der Waals surface area contributed by atoms with Gasteiger partial charge in [-0.15, -0.1) is 27.1 Å². The first-order valence-corrected chi connectivity index (χ1v) is 11.4. The van der Waals surface area contributed by atoms with Gasteiger partial charge in [-0.1, -0.05) is 46.3 Å². The van der Waals surface area contributed by atoms with E-state index in [4.69, 9.17) is 0 Å². The molecule has 25 heavy (non-hydrogen) atoms. The number of nitrogens with zero attached hydrogens (tertiary/aromatic N) is 2. The third-order valence-corrected chi connectivity index (χ3v) is 7.56. The minimum absolute atomic E-state index is 0.253. The smallest absolute Gasteiger partial charge is 0.294 e. The average molecular weight is 455 g/mol. The van der Waals surface area contributed by atoms with Gasteiger partial charge in [-0.3, -0.25) is 0 Å². The molecule has 0 N–H and O–H groups in total. The molecule has 1 aromatic carbocycles. The summed E-state index contributed by atoms with van der Waals surface area (Å²) in [5.74, 6) is 0. The van der Waals surface area contributed by atoms with Crippen molar-refractivity contribution in [1.82, 2.24) is 4.57 Å². The summed E-state index contributed by atoms with van der Waals surface area (Å²) in [5.41, 5.74) is 1.95. The number of rotatable bonds is 5. The standard InChI is InChI=1S/C17H15BrN2O2S3/c1-2-3-10-20-15(13-6-8-14(18)9-7-13)12-24-17(20)19-25(21,22)16-5-4-11-23-16/h2-9,11-12H,10H2,1H3/b3-2-,19-17+. The van der Waals surface area contributed by atoms with Crippen molar-refractivity contribution in [2.75, 3.05) is 0 Å². The van der Waals surface area contributed by atoms with Crippen LogP contribution in [0.2, 0.25) is 0 Å². The van der Waals surface area contributed by atoms with Crippen molar-refractivity contribution in [3.8, 4) is 11.3 Å². The van der Waals surface area contributed by atoms with Crippen molar-refractivity contribution in [3.63, 3.8) is 0 Å². The Hall–Kier alpha value is -1.48. The lowest BCUT2D eigenvalue weighted by atomic mass is 10.2. The van der Waals surface area contributed by atoms with E-state index in [-0.39, 0.29) is 4.21 Å². The lowest BCUT2D eigenvalue weighted by Gasteiger charge is -2.07.